The lowest BCUT2D eigenvalue weighted by Crippen LogP contribution is -2.11. The molecule has 92 valence electrons. The summed E-state index contributed by atoms with van der Waals surface area (Å²) in [5, 5.41) is 12.2. The van der Waals surface area contributed by atoms with Crippen molar-refractivity contribution < 1.29 is 9.90 Å². The number of rotatable bonds is 2. The van der Waals surface area contributed by atoms with Crippen molar-refractivity contribution in [2.45, 2.75) is 6.92 Å². The fourth-order valence-electron chi connectivity index (χ4n) is 1.57. The topological polar surface area (TPSA) is 75.4 Å². The van der Waals surface area contributed by atoms with Crippen LogP contribution in [0.25, 0.3) is 0 Å². The van der Waals surface area contributed by atoms with Crippen LogP contribution in [0, 0.1) is 6.92 Å². The molecule has 2 rings (SSSR count). The molecule has 0 aliphatic heterocycles. The standard InChI is InChI=1S/C14H14N2O2/c1-9-8-12(6-7-13(9)17)16-14(18)10-2-4-11(15)5-3-10/h2-8,17H,15H2,1H3,(H,16,18). The van der Waals surface area contributed by atoms with Crippen LogP contribution in [0.5, 0.6) is 5.75 Å². The second kappa shape index (κ2) is 4.79. The van der Waals surface area contributed by atoms with Gasteiger partial charge in [-0.25, -0.2) is 0 Å². The summed E-state index contributed by atoms with van der Waals surface area (Å²) in [6.45, 7) is 1.77. The van der Waals surface area contributed by atoms with Crippen LogP contribution in [0.1, 0.15) is 15.9 Å². The Labute approximate surface area is 105 Å². The van der Waals surface area contributed by atoms with Crippen LogP contribution in [0.3, 0.4) is 0 Å². The summed E-state index contributed by atoms with van der Waals surface area (Å²) in [4.78, 5) is 11.9. The molecule has 0 bridgehead atoms. The monoisotopic (exact) mass is 242 g/mol. The Morgan fingerprint density at radius 2 is 1.83 bits per heavy atom. The number of hydrogen-bond acceptors (Lipinski definition) is 3. The number of nitrogens with one attached hydrogen (secondary N) is 1. The van der Waals surface area contributed by atoms with E-state index in [0.717, 1.165) is 0 Å². The van der Waals surface area contributed by atoms with E-state index in [1.54, 1.807) is 49.4 Å². The van der Waals surface area contributed by atoms with Gasteiger partial charge in [-0.05, 0) is 55.0 Å². The molecule has 0 spiro atoms. The van der Waals surface area contributed by atoms with Gasteiger partial charge in [0.2, 0.25) is 0 Å². The number of hydrogen-bond donors (Lipinski definition) is 3. The van der Waals surface area contributed by atoms with E-state index in [0.29, 0.717) is 22.5 Å². The van der Waals surface area contributed by atoms with Crippen LogP contribution in [-0.4, -0.2) is 11.0 Å². The molecule has 2 aromatic carbocycles. The van der Waals surface area contributed by atoms with Crippen LogP contribution >= 0.6 is 0 Å². The number of carbonyl (C=O) groups excluding carboxylic acids is 1. The summed E-state index contributed by atoms with van der Waals surface area (Å²) >= 11 is 0. The predicted octanol–water partition coefficient (Wildman–Crippen LogP) is 2.54. The average Bonchev–Trinajstić information content (AvgIpc) is 2.34. The Balaban J connectivity index is 2.16. The van der Waals surface area contributed by atoms with E-state index in [-0.39, 0.29) is 11.7 Å². The maximum Gasteiger partial charge on any atom is 0.255 e. The molecule has 0 atom stereocenters. The van der Waals surface area contributed by atoms with E-state index in [1.165, 1.54) is 0 Å². The van der Waals surface area contributed by atoms with Gasteiger partial charge >= 0.3 is 0 Å². The van der Waals surface area contributed by atoms with Gasteiger partial charge in [0.25, 0.3) is 5.91 Å². The number of carbonyl (C=O) groups is 1. The SMILES string of the molecule is Cc1cc(NC(=O)c2ccc(N)cc2)ccc1O. The molecule has 0 radical (unpaired) electrons. The number of amides is 1. The van der Waals surface area contributed by atoms with E-state index in [1.807, 2.05) is 0 Å². The highest BCUT2D eigenvalue weighted by Crippen LogP contribution is 2.20. The summed E-state index contributed by atoms with van der Waals surface area (Å²) in [6.07, 6.45) is 0. The van der Waals surface area contributed by atoms with Crippen molar-refractivity contribution in [1.82, 2.24) is 0 Å². The van der Waals surface area contributed by atoms with Crippen LogP contribution in [0.4, 0.5) is 11.4 Å². The molecule has 0 unspecified atom stereocenters. The molecule has 0 fully saturated rings. The summed E-state index contributed by atoms with van der Waals surface area (Å²) in [7, 11) is 0. The molecular formula is C14H14N2O2. The van der Waals surface area contributed by atoms with Crippen molar-refractivity contribution in [2.24, 2.45) is 0 Å². The van der Waals surface area contributed by atoms with Gasteiger partial charge in [-0.1, -0.05) is 0 Å². The first-order chi connectivity index (χ1) is 8.56. The number of phenols is 1. The molecule has 1 amide bonds. The minimum absolute atomic E-state index is 0.208. The average molecular weight is 242 g/mol. The highest BCUT2D eigenvalue weighted by Gasteiger charge is 2.06. The first-order valence-electron chi connectivity index (χ1n) is 5.53. The number of nitrogen functional groups attached to an aromatic ring is 1. The predicted molar refractivity (Wildman–Crippen MR) is 71.7 cm³/mol. The molecule has 0 aliphatic carbocycles. The van der Waals surface area contributed by atoms with Gasteiger partial charge in [0.05, 0.1) is 0 Å². The third kappa shape index (κ3) is 2.60. The smallest absolute Gasteiger partial charge is 0.255 e. The van der Waals surface area contributed by atoms with Gasteiger partial charge in [0.15, 0.2) is 0 Å². The molecular weight excluding hydrogens is 228 g/mol. The molecule has 4 heteroatoms. The largest absolute Gasteiger partial charge is 0.508 e. The Hall–Kier alpha value is -2.49. The summed E-state index contributed by atoms with van der Waals surface area (Å²) in [5.74, 6) is 0.000531. The summed E-state index contributed by atoms with van der Waals surface area (Å²) in [6, 6.07) is 11.6. The van der Waals surface area contributed by atoms with Crippen molar-refractivity contribution in [2.75, 3.05) is 11.1 Å². The van der Waals surface area contributed by atoms with Crippen molar-refractivity contribution in [1.29, 1.82) is 0 Å². The van der Waals surface area contributed by atoms with E-state index in [2.05, 4.69) is 5.32 Å². The second-order valence-electron chi connectivity index (χ2n) is 4.08. The van der Waals surface area contributed by atoms with E-state index in [4.69, 9.17) is 5.73 Å². The molecule has 2 aromatic rings. The Kier molecular flexibility index (Phi) is 3.19. The van der Waals surface area contributed by atoms with Gasteiger partial charge in [0.1, 0.15) is 5.75 Å². The number of aromatic hydroxyl groups is 1. The molecule has 18 heavy (non-hydrogen) atoms. The highest BCUT2D eigenvalue weighted by molar-refractivity contribution is 6.04. The second-order valence-corrected chi connectivity index (χ2v) is 4.08. The quantitative estimate of drug-likeness (QED) is 0.559. The van der Waals surface area contributed by atoms with Gasteiger partial charge in [-0.2, -0.15) is 0 Å². The number of anilines is 2. The number of aryl methyl sites for hydroxylation is 1. The molecule has 4 nitrogen and oxygen atoms in total. The zero-order chi connectivity index (χ0) is 13.1. The van der Waals surface area contributed by atoms with Crippen LogP contribution < -0.4 is 11.1 Å². The first-order valence-corrected chi connectivity index (χ1v) is 5.53. The maximum absolute atomic E-state index is 11.9. The molecule has 4 N–H and O–H groups in total. The maximum atomic E-state index is 11.9. The van der Waals surface area contributed by atoms with Gasteiger partial charge in [-0.15, -0.1) is 0 Å². The third-order valence-corrected chi connectivity index (χ3v) is 2.63. The lowest BCUT2D eigenvalue weighted by atomic mass is 10.1. The third-order valence-electron chi connectivity index (χ3n) is 2.63. The highest BCUT2D eigenvalue weighted by atomic mass is 16.3. The number of benzene rings is 2. The fourth-order valence-corrected chi connectivity index (χ4v) is 1.57. The van der Waals surface area contributed by atoms with Gasteiger partial charge in [0, 0.05) is 16.9 Å². The van der Waals surface area contributed by atoms with Crippen LogP contribution in [0.15, 0.2) is 42.5 Å². The molecule has 0 aliphatic rings. The minimum atomic E-state index is -0.208. The number of nitrogens with two attached hydrogens (primary N) is 1. The normalized spacial score (nSPS) is 10.1. The lowest BCUT2D eigenvalue weighted by Gasteiger charge is -2.07. The Bertz CT molecular complexity index is 577. The zero-order valence-electron chi connectivity index (χ0n) is 9.97. The summed E-state index contributed by atoms with van der Waals surface area (Å²) in [5.41, 5.74) is 8.07. The van der Waals surface area contributed by atoms with Gasteiger partial charge in [-0.3, -0.25) is 4.79 Å². The van der Waals surface area contributed by atoms with E-state index >= 15 is 0 Å². The first kappa shape index (κ1) is 12.0. The van der Waals surface area contributed by atoms with Crippen LogP contribution in [-0.2, 0) is 0 Å². The van der Waals surface area contributed by atoms with E-state index in [9.17, 15) is 9.90 Å². The Morgan fingerprint density at radius 3 is 2.44 bits per heavy atom. The lowest BCUT2D eigenvalue weighted by molar-refractivity contribution is 0.102. The molecule has 0 aromatic heterocycles. The molecule has 0 saturated carbocycles. The minimum Gasteiger partial charge on any atom is -0.508 e. The molecule has 0 saturated heterocycles. The van der Waals surface area contributed by atoms with Gasteiger partial charge < -0.3 is 16.2 Å². The summed E-state index contributed by atoms with van der Waals surface area (Å²) < 4.78 is 0. The van der Waals surface area contributed by atoms with Crippen LogP contribution in [0.2, 0.25) is 0 Å². The Morgan fingerprint density at radius 1 is 1.17 bits per heavy atom. The zero-order valence-corrected chi connectivity index (χ0v) is 9.97. The van der Waals surface area contributed by atoms with Crippen molar-refractivity contribution >= 4 is 17.3 Å². The van der Waals surface area contributed by atoms with E-state index < -0.39 is 0 Å². The molecule has 0 heterocycles. The number of phenolic OH excluding ortho intramolecular Hbond substituents is 1. The van der Waals surface area contributed by atoms with Crippen molar-refractivity contribution in [3.8, 4) is 5.75 Å². The van der Waals surface area contributed by atoms with Crippen molar-refractivity contribution in [3.63, 3.8) is 0 Å². The fraction of sp³-hybridized carbons (Fsp3) is 0.0714. The van der Waals surface area contributed by atoms with Crippen molar-refractivity contribution in [3.05, 3.63) is 53.6 Å².